The van der Waals surface area contributed by atoms with Gasteiger partial charge in [-0.2, -0.15) is 0 Å². The van der Waals surface area contributed by atoms with Crippen molar-refractivity contribution in [1.29, 1.82) is 0 Å². The second-order valence-corrected chi connectivity index (χ2v) is 9.93. The molecule has 2 aliphatic rings. The molecular formula is C27H33NO4. The first-order chi connectivity index (χ1) is 15.3. The van der Waals surface area contributed by atoms with Crippen LogP contribution in [0.4, 0.5) is 0 Å². The fourth-order valence-corrected chi connectivity index (χ4v) is 5.89. The second-order valence-electron chi connectivity index (χ2n) is 9.93. The Balaban J connectivity index is 1.61. The van der Waals surface area contributed by atoms with Crippen LogP contribution in [0.5, 0.6) is 0 Å². The Morgan fingerprint density at radius 2 is 1.53 bits per heavy atom. The summed E-state index contributed by atoms with van der Waals surface area (Å²) in [6, 6.07) is 17.9. The van der Waals surface area contributed by atoms with Gasteiger partial charge in [0.25, 0.3) is 0 Å². The van der Waals surface area contributed by atoms with Gasteiger partial charge >= 0.3 is 5.97 Å². The number of fused-ring (bicyclic) bond motifs is 1. The predicted octanol–water partition coefficient (Wildman–Crippen LogP) is 3.92. The van der Waals surface area contributed by atoms with Gasteiger partial charge in [-0.25, -0.2) is 0 Å². The smallest absolute Gasteiger partial charge is 0.310 e. The number of benzene rings is 2. The average Bonchev–Trinajstić information content (AvgIpc) is 3.44. The third-order valence-electron chi connectivity index (χ3n) is 8.03. The van der Waals surface area contributed by atoms with Crippen molar-refractivity contribution in [2.24, 2.45) is 10.8 Å². The molecule has 0 heterocycles. The molecule has 5 nitrogen and oxygen atoms in total. The molecule has 1 atom stereocenters. The van der Waals surface area contributed by atoms with E-state index in [1.54, 1.807) is 6.92 Å². The molecule has 2 aromatic carbocycles. The number of aliphatic carboxylic acids is 1. The number of carboxylic acid groups (broad SMARTS) is 1. The molecule has 0 radical (unpaired) electrons. The van der Waals surface area contributed by atoms with Crippen molar-refractivity contribution in [1.82, 2.24) is 5.32 Å². The van der Waals surface area contributed by atoms with Crippen molar-refractivity contribution in [2.45, 2.75) is 63.8 Å². The average molecular weight is 436 g/mol. The predicted molar refractivity (Wildman–Crippen MR) is 123 cm³/mol. The SMILES string of the molecule is CC(CCc1ccccc1)(C(=O)O)C1(C(=O)NC2(CO)Cc3ccccc3C2)CCCC1. The Hall–Kier alpha value is -2.66. The van der Waals surface area contributed by atoms with E-state index < -0.39 is 22.3 Å². The second kappa shape index (κ2) is 8.70. The molecule has 0 aromatic heterocycles. The summed E-state index contributed by atoms with van der Waals surface area (Å²) in [5, 5.41) is 23.9. The highest BCUT2D eigenvalue weighted by Gasteiger charge is 2.59. The number of amides is 1. The zero-order chi connectivity index (χ0) is 22.8. The van der Waals surface area contributed by atoms with Gasteiger partial charge in [0.1, 0.15) is 0 Å². The topological polar surface area (TPSA) is 86.6 Å². The molecule has 3 N–H and O–H groups in total. The molecular weight excluding hydrogens is 402 g/mol. The fraction of sp³-hybridized carbons (Fsp3) is 0.481. The summed E-state index contributed by atoms with van der Waals surface area (Å²) in [6.45, 7) is 1.58. The molecule has 1 fully saturated rings. The van der Waals surface area contributed by atoms with Crippen molar-refractivity contribution in [3.8, 4) is 0 Å². The monoisotopic (exact) mass is 435 g/mol. The summed E-state index contributed by atoms with van der Waals surface area (Å²) in [5.41, 5.74) is 0.400. The van der Waals surface area contributed by atoms with Crippen LogP contribution in [0.25, 0.3) is 0 Å². The Labute approximate surface area is 189 Å². The molecule has 5 heteroatoms. The van der Waals surface area contributed by atoms with Crippen molar-refractivity contribution < 1.29 is 19.8 Å². The fourth-order valence-electron chi connectivity index (χ4n) is 5.89. The molecule has 32 heavy (non-hydrogen) atoms. The van der Waals surface area contributed by atoms with Gasteiger partial charge in [0.15, 0.2) is 0 Å². The number of aryl methyl sites for hydroxylation is 1. The maximum atomic E-state index is 13.9. The van der Waals surface area contributed by atoms with E-state index >= 15 is 0 Å². The van der Waals surface area contributed by atoms with Crippen LogP contribution in [0.2, 0.25) is 0 Å². The molecule has 2 aliphatic carbocycles. The van der Waals surface area contributed by atoms with Gasteiger partial charge in [-0.05, 0) is 62.1 Å². The van der Waals surface area contributed by atoms with Gasteiger partial charge in [0.05, 0.1) is 23.0 Å². The van der Waals surface area contributed by atoms with Crippen LogP contribution in [0.3, 0.4) is 0 Å². The molecule has 1 saturated carbocycles. The van der Waals surface area contributed by atoms with Crippen molar-refractivity contribution in [2.75, 3.05) is 6.61 Å². The van der Waals surface area contributed by atoms with E-state index in [-0.39, 0.29) is 12.5 Å². The van der Waals surface area contributed by atoms with E-state index in [4.69, 9.17) is 0 Å². The summed E-state index contributed by atoms with van der Waals surface area (Å²) >= 11 is 0. The molecule has 4 rings (SSSR count). The molecule has 0 bridgehead atoms. The number of nitrogens with one attached hydrogen (secondary N) is 1. The van der Waals surface area contributed by atoms with Crippen LogP contribution in [-0.4, -0.2) is 34.2 Å². The van der Waals surface area contributed by atoms with Gasteiger partial charge < -0.3 is 15.5 Å². The lowest BCUT2D eigenvalue weighted by atomic mass is 9.60. The van der Waals surface area contributed by atoms with Gasteiger partial charge in [-0.15, -0.1) is 0 Å². The van der Waals surface area contributed by atoms with E-state index in [9.17, 15) is 19.8 Å². The van der Waals surface area contributed by atoms with Crippen LogP contribution in [0.15, 0.2) is 54.6 Å². The largest absolute Gasteiger partial charge is 0.481 e. The molecule has 0 saturated heterocycles. The maximum absolute atomic E-state index is 13.9. The highest BCUT2D eigenvalue weighted by molar-refractivity contribution is 5.91. The minimum Gasteiger partial charge on any atom is -0.481 e. The van der Waals surface area contributed by atoms with Crippen molar-refractivity contribution >= 4 is 11.9 Å². The molecule has 1 amide bonds. The maximum Gasteiger partial charge on any atom is 0.310 e. The normalized spacial score (nSPS) is 20.3. The Morgan fingerprint density at radius 1 is 0.969 bits per heavy atom. The number of aliphatic hydroxyl groups is 1. The summed E-state index contributed by atoms with van der Waals surface area (Å²) in [7, 11) is 0. The summed E-state index contributed by atoms with van der Waals surface area (Å²) in [4.78, 5) is 26.6. The third kappa shape index (κ3) is 3.83. The molecule has 2 aromatic rings. The minimum atomic E-state index is -1.19. The van der Waals surface area contributed by atoms with Gasteiger partial charge in [0, 0.05) is 0 Å². The first-order valence-corrected chi connectivity index (χ1v) is 11.6. The Bertz CT molecular complexity index is 955. The van der Waals surface area contributed by atoms with Gasteiger partial charge in [-0.1, -0.05) is 67.4 Å². The number of carbonyl (C=O) groups is 2. The summed E-state index contributed by atoms with van der Waals surface area (Å²) < 4.78 is 0. The first kappa shape index (κ1) is 22.5. The van der Waals surface area contributed by atoms with E-state index in [0.29, 0.717) is 38.5 Å². The summed E-state index contributed by atoms with van der Waals surface area (Å²) in [6.07, 6.45) is 4.93. The third-order valence-corrected chi connectivity index (χ3v) is 8.03. The number of hydrogen-bond acceptors (Lipinski definition) is 3. The van der Waals surface area contributed by atoms with Crippen LogP contribution in [0, 0.1) is 10.8 Å². The zero-order valence-corrected chi connectivity index (χ0v) is 18.8. The first-order valence-electron chi connectivity index (χ1n) is 11.6. The molecule has 170 valence electrons. The summed E-state index contributed by atoms with van der Waals surface area (Å²) in [5.74, 6) is -1.13. The number of carboxylic acids is 1. The van der Waals surface area contributed by atoms with Crippen LogP contribution >= 0.6 is 0 Å². The van der Waals surface area contributed by atoms with Crippen LogP contribution < -0.4 is 5.32 Å². The van der Waals surface area contributed by atoms with Crippen molar-refractivity contribution in [3.05, 3.63) is 71.3 Å². The van der Waals surface area contributed by atoms with Crippen LogP contribution in [-0.2, 0) is 28.9 Å². The standard InChI is InChI=1S/C27H33NO4/c1-25(24(31)32,16-13-20-9-3-2-4-10-20)27(14-7-8-15-27)23(30)28-26(19-29)17-21-11-5-6-12-22(21)18-26/h2-6,9-12,29H,7-8,13-19H2,1H3,(H,28,30)(H,31,32). The Morgan fingerprint density at radius 3 is 2.06 bits per heavy atom. The lowest BCUT2D eigenvalue weighted by molar-refractivity contribution is -0.165. The number of aliphatic hydroxyl groups excluding tert-OH is 1. The lowest BCUT2D eigenvalue weighted by Crippen LogP contribution is -2.61. The zero-order valence-electron chi connectivity index (χ0n) is 18.8. The van der Waals surface area contributed by atoms with E-state index in [1.165, 1.54) is 0 Å². The van der Waals surface area contributed by atoms with Gasteiger partial charge in [-0.3, -0.25) is 9.59 Å². The molecule has 1 unspecified atom stereocenters. The van der Waals surface area contributed by atoms with E-state index in [2.05, 4.69) is 5.32 Å². The lowest BCUT2D eigenvalue weighted by Gasteiger charge is -2.44. The number of hydrogen-bond donors (Lipinski definition) is 3. The number of rotatable bonds is 8. The van der Waals surface area contributed by atoms with Gasteiger partial charge in [0.2, 0.25) is 5.91 Å². The number of carbonyl (C=O) groups excluding carboxylic acids is 1. The minimum absolute atomic E-state index is 0.169. The van der Waals surface area contributed by atoms with Crippen LogP contribution in [0.1, 0.15) is 55.7 Å². The van der Waals surface area contributed by atoms with Crippen molar-refractivity contribution in [3.63, 3.8) is 0 Å². The molecule has 0 spiro atoms. The quantitative estimate of drug-likeness (QED) is 0.587. The molecule has 0 aliphatic heterocycles. The highest BCUT2D eigenvalue weighted by atomic mass is 16.4. The van der Waals surface area contributed by atoms with E-state index in [0.717, 1.165) is 29.5 Å². The van der Waals surface area contributed by atoms with E-state index in [1.807, 2.05) is 54.6 Å². The highest BCUT2D eigenvalue weighted by Crippen LogP contribution is 2.54. The Kier molecular flexibility index (Phi) is 6.13.